The van der Waals surface area contributed by atoms with Crippen molar-refractivity contribution in [1.82, 2.24) is 14.9 Å². The quantitative estimate of drug-likeness (QED) is 0.804. The number of rotatable bonds is 7. The van der Waals surface area contributed by atoms with Gasteiger partial charge in [-0.05, 0) is 25.6 Å². The maximum atomic E-state index is 8.96. The van der Waals surface area contributed by atoms with Gasteiger partial charge in [-0.1, -0.05) is 19.1 Å². The van der Waals surface area contributed by atoms with Crippen LogP contribution in [0.4, 0.5) is 5.82 Å². The smallest absolute Gasteiger partial charge is 0.148 e. The normalized spacial score (nSPS) is 11.2. The van der Waals surface area contributed by atoms with E-state index in [4.69, 9.17) is 5.11 Å². The zero-order valence-electron chi connectivity index (χ0n) is 12.1. The van der Waals surface area contributed by atoms with Crippen LogP contribution in [0, 0.1) is 6.92 Å². The summed E-state index contributed by atoms with van der Waals surface area (Å²) in [6, 6.07) is 7.88. The standard InChI is InChI=1S/C15H22N4O/c1-3-19(10-11-20)9-8-16-15-12(2)17-13-6-4-5-7-14(13)18-15/h4-7,20H,3,8-11H2,1-2H3,(H,16,18). The molecule has 0 radical (unpaired) electrons. The number of para-hydroxylation sites is 2. The summed E-state index contributed by atoms with van der Waals surface area (Å²) >= 11 is 0. The first-order chi connectivity index (χ1) is 9.74. The first kappa shape index (κ1) is 14.7. The van der Waals surface area contributed by atoms with Crippen LogP contribution >= 0.6 is 0 Å². The number of hydrogen-bond acceptors (Lipinski definition) is 5. The van der Waals surface area contributed by atoms with Gasteiger partial charge in [0.05, 0.1) is 23.3 Å². The van der Waals surface area contributed by atoms with Gasteiger partial charge in [-0.25, -0.2) is 9.97 Å². The third kappa shape index (κ3) is 3.65. The fourth-order valence-electron chi connectivity index (χ4n) is 2.16. The molecule has 0 fully saturated rings. The molecular weight excluding hydrogens is 252 g/mol. The molecule has 0 aliphatic carbocycles. The molecule has 108 valence electrons. The molecule has 1 aromatic heterocycles. The number of benzene rings is 1. The Labute approximate surface area is 119 Å². The fraction of sp³-hybridized carbons (Fsp3) is 0.467. The van der Waals surface area contributed by atoms with Crippen molar-refractivity contribution in [3.63, 3.8) is 0 Å². The van der Waals surface area contributed by atoms with E-state index in [1.165, 1.54) is 0 Å². The summed E-state index contributed by atoms with van der Waals surface area (Å²) in [4.78, 5) is 11.3. The van der Waals surface area contributed by atoms with E-state index in [1.54, 1.807) is 0 Å². The van der Waals surface area contributed by atoms with Crippen molar-refractivity contribution in [2.75, 3.05) is 38.1 Å². The second kappa shape index (κ2) is 7.17. The lowest BCUT2D eigenvalue weighted by molar-refractivity contribution is 0.206. The van der Waals surface area contributed by atoms with E-state index in [0.717, 1.165) is 42.2 Å². The first-order valence-electron chi connectivity index (χ1n) is 7.05. The second-order valence-corrected chi connectivity index (χ2v) is 4.73. The van der Waals surface area contributed by atoms with Crippen LogP contribution in [-0.4, -0.2) is 52.8 Å². The van der Waals surface area contributed by atoms with Crippen LogP contribution in [0.3, 0.4) is 0 Å². The van der Waals surface area contributed by atoms with Crippen molar-refractivity contribution in [2.24, 2.45) is 0 Å². The molecule has 0 saturated carbocycles. The Morgan fingerprint density at radius 1 is 1.15 bits per heavy atom. The third-order valence-corrected chi connectivity index (χ3v) is 3.33. The molecule has 1 aromatic carbocycles. The molecule has 20 heavy (non-hydrogen) atoms. The molecule has 0 aliphatic rings. The molecule has 0 bridgehead atoms. The predicted molar refractivity (Wildman–Crippen MR) is 82.0 cm³/mol. The second-order valence-electron chi connectivity index (χ2n) is 4.73. The van der Waals surface area contributed by atoms with Crippen LogP contribution in [0.15, 0.2) is 24.3 Å². The summed E-state index contributed by atoms with van der Waals surface area (Å²) in [5.74, 6) is 0.837. The number of nitrogens with one attached hydrogen (secondary N) is 1. The van der Waals surface area contributed by atoms with E-state index in [0.29, 0.717) is 6.54 Å². The number of aliphatic hydroxyl groups excluding tert-OH is 1. The lowest BCUT2D eigenvalue weighted by atomic mass is 10.3. The van der Waals surface area contributed by atoms with Gasteiger partial charge in [-0.15, -0.1) is 0 Å². The number of likely N-dealkylation sites (N-methyl/N-ethyl adjacent to an activating group) is 1. The van der Waals surface area contributed by atoms with Crippen molar-refractivity contribution >= 4 is 16.9 Å². The van der Waals surface area contributed by atoms with E-state index in [2.05, 4.69) is 27.1 Å². The summed E-state index contributed by atoms with van der Waals surface area (Å²) in [5, 5.41) is 12.3. The average Bonchev–Trinajstić information content (AvgIpc) is 2.46. The summed E-state index contributed by atoms with van der Waals surface area (Å²) in [6.45, 7) is 7.57. The fourth-order valence-corrected chi connectivity index (χ4v) is 2.16. The molecule has 0 amide bonds. The molecule has 5 heteroatoms. The highest BCUT2D eigenvalue weighted by atomic mass is 16.3. The Hall–Kier alpha value is -1.72. The molecule has 0 saturated heterocycles. The van der Waals surface area contributed by atoms with Crippen LogP contribution < -0.4 is 5.32 Å². The van der Waals surface area contributed by atoms with Crippen LogP contribution in [-0.2, 0) is 0 Å². The highest BCUT2D eigenvalue weighted by Crippen LogP contribution is 2.15. The van der Waals surface area contributed by atoms with Gasteiger partial charge >= 0.3 is 0 Å². The van der Waals surface area contributed by atoms with Crippen LogP contribution in [0.2, 0.25) is 0 Å². The maximum absolute atomic E-state index is 8.96. The molecular formula is C15H22N4O. The van der Waals surface area contributed by atoms with Gasteiger partial charge < -0.3 is 10.4 Å². The van der Waals surface area contributed by atoms with E-state index in [-0.39, 0.29) is 6.61 Å². The maximum Gasteiger partial charge on any atom is 0.148 e. The Morgan fingerprint density at radius 3 is 2.50 bits per heavy atom. The van der Waals surface area contributed by atoms with Gasteiger partial charge in [0.15, 0.2) is 0 Å². The summed E-state index contributed by atoms with van der Waals surface area (Å²) in [6.07, 6.45) is 0. The number of aryl methyl sites for hydroxylation is 1. The van der Waals surface area contributed by atoms with Gasteiger partial charge in [0, 0.05) is 19.6 Å². The first-order valence-corrected chi connectivity index (χ1v) is 7.05. The topological polar surface area (TPSA) is 61.3 Å². The van der Waals surface area contributed by atoms with E-state index < -0.39 is 0 Å². The highest BCUT2D eigenvalue weighted by Gasteiger charge is 2.05. The largest absolute Gasteiger partial charge is 0.395 e. The Kier molecular flexibility index (Phi) is 5.26. The Morgan fingerprint density at radius 2 is 1.85 bits per heavy atom. The zero-order valence-corrected chi connectivity index (χ0v) is 12.1. The van der Waals surface area contributed by atoms with Crippen molar-refractivity contribution < 1.29 is 5.11 Å². The van der Waals surface area contributed by atoms with Gasteiger partial charge in [-0.2, -0.15) is 0 Å². The number of anilines is 1. The Balaban J connectivity index is 2.00. The molecule has 5 nitrogen and oxygen atoms in total. The lowest BCUT2D eigenvalue weighted by Gasteiger charge is -2.19. The highest BCUT2D eigenvalue weighted by molar-refractivity contribution is 5.76. The number of aliphatic hydroxyl groups is 1. The molecule has 0 atom stereocenters. The van der Waals surface area contributed by atoms with Gasteiger partial charge in [0.2, 0.25) is 0 Å². The van der Waals surface area contributed by atoms with Crippen LogP contribution in [0.1, 0.15) is 12.6 Å². The number of hydrogen-bond donors (Lipinski definition) is 2. The Bertz CT molecular complexity index is 559. The minimum absolute atomic E-state index is 0.197. The number of aromatic nitrogens is 2. The molecule has 1 heterocycles. The number of fused-ring (bicyclic) bond motifs is 1. The minimum atomic E-state index is 0.197. The molecule has 0 aliphatic heterocycles. The summed E-state index contributed by atoms with van der Waals surface area (Å²) < 4.78 is 0. The van der Waals surface area contributed by atoms with Crippen LogP contribution in [0.5, 0.6) is 0 Å². The molecule has 2 rings (SSSR count). The van der Waals surface area contributed by atoms with E-state index in [9.17, 15) is 0 Å². The third-order valence-electron chi connectivity index (χ3n) is 3.33. The molecule has 0 unspecified atom stereocenters. The zero-order chi connectivity index (χ0) is 14.4. The molecule has 2 N–H and O–H groups in total. The van der Waals surface area contributed by atoms with Crippen molar-refractivity contribution in [2.45, 2.75) is 13.8 Å². The molecule has 0 spiro atoms. The van der Waals surface area contributed by atoms with Gasteiger partial charge in [-0.3, -0.25) is 4.90 Å². The average molecular weight is 274 g/mol. The number of nitrogens with zero attached hydrogens (tertiary/aromatic N) is 3. The van der Waals surface area contributed by atoms with E-state index >= 15 is 0 Å². The lowest BCUT2D eigenvalue weighted by Crippen LogP contribution is -2.31. The molecule has 2 aromatic rings. The minimum Gasteiger partial charge on any atom is -0.395 e. The van der Waals surface area contributed by atoms with Crippen molar-refractivity contribution in [3.05, 3.63) is 30.0 Å². The predicted octanol–water partition coefficient (Wildman–Crippen LogP) is 1.66. The van der Waals surface area contributed by atoms with E-state index in [1.807, 2.05) is 31.2 Å². The van der Waals surface area contributed by atoms with Gasteiger partial charge in [0.25, 0.3) is 0 Å². The monoisotopic (exact) mass is 274 g/mol. The van der Waals surface area contributed by atoms with Crippen molar-refractivity contribution in [3.8, 4) is 0 Å². The SMILES string of the molecule is CCN(CCO)CCNc1nc2ccccc2nc1C. The van der Waals surface area contributed by atoms with Crippen molar-refractivity contribution in [1.29, 1.82) is 0 Å². The summed E-state index contributed by atoms with van der Waals surface area (Å²) in [7, 11) is 0. The van der Waals surface area contributed by atoms with Gasteiger partial charge in [0.1, 0.15) is 5.82 Å². The summed E-state index contributed by atoms with van der Waals surface area (Å²) in [5.41, 5.74) is 2.74. The van der Waals surface area contributed by atoms with Crippen LogP contribution in [0.25, 0.3) is 11.0 Å².